The zero-order chi connectivity index (χ0) is 9.84. The monoisotopic (exact) mass is 178 g/mol. The lowest BCUT2D eigenvalue weighted by molar-refractivity contribution is 0.635. The van der Waals surface area contributed by atoms with Gasteiger partial charge in [-0.05, 0) is 24.5 Å². The molecule has 0 aromatic carbocycles. The van der Waals surface area contributed by atoms with E-state index in [1.807, 2.05) is 25.1 Å². The Kier molecular flexibility index (Phi) is 3.29. The Morgan fingerprint density at radius 2 is 2.00 bits per heavy atom. The molecular weight excluding hydrogens is 160 g/mol. The Morgan fingerprint density at radius 3 is 2.54 bits per heavy atom. The molecule has 0 aliphatic rings. The third kappa shape index (κ3) is 3.05. The molecule has 0 fully saturated rings. The van der Waals surface area contributed by atoms with Gasteiger partial charge in [0, 0.05) is 19.8 Å². The lowest BCUT2D eigenvalue weighted by atomic mass is 10.1. The van der Waals surface area contributed by atoms with Crippen molar-refractivity contribution in [3.8, 4) is 0 Å². The minimum atomic E-state index is 0.671. The van der Waals surface area contributed by atoms with Gasteiger partial charge in [0.1, 0.15) is 5.82 Å². The molecule has 0 saturated heterocycles. The summed E-state index contributed by atoms with van der Waals surface area (Å²) < 4.78 is 0. The maximum Gasteiger partial charge on any atom is 0.128 e. The summed E-state index contributed by atoms with van der Waals surface area (Å²) in [5, 5.41) is 0. The second-order valence-electron chi connectivity index (χ2n) is 3.98. The largest absolute Gasteiger partial charge is 0.363 e. The summed E-state index contributed by atoms with van der Waals surface area (Å²) in [6, 6.07) is 6.19. The summed E-state index contributed by atoms with van der Waals surface area (Å²) in [7, 11) is 4.03. The van der Waals surface area contributed by atoms with Gasteiger partial charge >= 0.3 is 0 Å². The van der Waals surface area contributed by atoms with Crippen LogP contribution in [0.1, 0.15) is 19.5 Å². The molecule has 0 bridgehead atoms. The molecule has 1 aromatic heterocycles. The van der Waals surface area contributed by atoms with Gasteiger partial charge in [-0.3, -0.25) is 0 Å². The fourth-order valence-corrected chi connectivity index (χ4v) is 1.25. The van der Waals surface area contributed by atoms with Crippen molar-refractivity contribution in [1.29, 1.82) is 0 Å². The Labute approximate surface area is 80.6 Å². The molecular formula is C11H18N2. The summed E-state index contributed by atoms with van der Waals surface area (Å²) in [4.78, 5) is 6.57. The molecule has 0 atom stereocenters. The highest BCUT2D eigenvalue weighted by Crippen LogP contribution is 2.10. The second kappa shape index (κ2) is 4.26. The predicted molar refractivity (Wildman–Crippen MR) is 57.1 cm³/mol. The zero-order valence-corrected chi connectivity index (χ0v) is 8.91. The molecule has 0 spiro atoms. The molecule has 0 saturated carbocycles. The van der Waals surface area contributed by atoms with Crippen molar-refractivity contribution in [3.05, 3.63) is 23.9 Å². The molecule has 72 valence electrons. The van der Waals surface area contributed by atoms with Gasteiger partial charge in [-0.1, -0.05) is 19.9 Å². The minimum Gasteiger partial charge on any atom is -0.363 e. The lowest BCUT2D eigenvalue weighted by Crippen LogP contribution is -2.11. The number of anilines is 1. The van der Waals surface area contributed by atoms with Crippen molar-refractivity contribution >= 4 is 5.82 Å². The van der Waals surface area contributed by atoms with E-state index in [4.69, 9.17) is 0 Å². The normalized spacial score (nSPS) is 10.5. The second-order valence-corrected chi connectivity index (χ2v) is 3.98. The molecule has 1 heterocycles. The SMILES string of the molecule is CC(C)Cc1cccc(N(C)C)n1. The van der Waals surface area contributed by atoms with Crippen molar-refractivity contribution in [2.45, 2.75) is 20.3 Å². The summed E-state index contributed by atoms with van der Waals surface area (Å²) in [6.45, 7) is 4.42. The zero-order valence-electron chi connectivity index (χ0n) is 8.91. The maximum absolute atomic E-state index is 4.54. The van der Waals surface area contributed by atoms with Gasteiger partial charge in [-0.2, -0.15) is 0 Å². The van der Waals surface area contributed by atoms with E-state index >= 15 is 0 Å². The predicted octanol–water partition coefficient (Wildman–Crippen LogP) is 2.35. The summed E-state index contributed by atoms with van der Waals surface area (Å²) in [5.41, 5.74) is 1.18. The molecule has 1 aromatic rings. The number of aromatic nitrogens is 1. The fraction of sp³-hybridized carbons (Fsp3) is 0.545. The van der Waals surface area contributed by atoms with Crippen LogP contribution < -0.4 is 4.90 Å². The highest BCUT2D eigenvalue weighted by molar-refractivity contribution is 5.37. The van der Waals surface area contributed by atoms with Gasteiger partial charge in [-0.15, -0.1) is 0 Å². The van der Waals surface area contributed by atoms with Crippen LogP contribution in [0, 0.1) is 5.92 Å². The van der Waals surface area contributed by atoms with E-state index in [-0.39, 0.29) is 0 Å². The molecule has 2 nitrogen and oxygen atoms in total. The third-order valence-corrected chi connectivity index (χ3v) is 1.87. The van der Waals surface area contributed by atoms with Crippen LogP contribution in [0.25, 0.3) is 0 Å². The van der Waals surface area contributed by atoms with Crippen LogP contribution in [0.4, 0.5) is 5.82 Å². The van der Waals surface area contributed by atoms with Crippen LogP contribution >= 0.6 is 0 Å². The molecule has 13 heavy (non-hydrogen) atoms. The van der Waals surface area contributed by atoms with Crippen LogP contribution in [0.3, 0.4) is 0 Å². The first-order valence-corrected chi connectivity index (χ1v) is 4.73. The van der Waals surface area contributed by atoms with E-state index in [9.17, 15) is 0 Å². The lowest BCUT2D eigenvalue weighted by Gasteiger charge is -2.12. The van der Waals surface area contributed by atoms with Crippen LogP contribution in [0.5, 0.6) is 0 Å². The molecule has 0 amide bonds. The molecule has 0 aliphatic carbocycles. The number of hydrogen-bond donors (Lipinski definition) is 0. The van der Waals surface area contributed by atoms with Crippen LogP contribution in [0.2, 0.25) is 0 Å². The van der Waals surface area contributed by atoms with Crippen molar-refractivity contribution in [1.82, 2.24) is 4.98 Å². The maximum atomic E-state index is 4.54. The smallest absolute Gasteiger partial charge is 0.128 e. The van der Waals surface area contributed by atoms with E-state index in [0.717, 1.165) is 12.2 Å². The van der Waals surface area contributed by atoms with Gasteiger partial charge in [0.05, 0.1) is 0 Å². The molecule has 2 heteroatoms. The first kappa shape index (κ1) is 10.0. The molecule has 1 rings (SSSR count). The summed E-state index contributed by atoms with van der Waals surface area (Å²) in [6.07, 6.45) is 1.06. The molecule has 0 unspecified atom stereocenters. The fourth-order valence-electron chi connectivity index (χ4n) is 1.25. The van der Waals surface area contributed by atoms with E-state index in [1.54, 1.807) is 0 Å². The van der Waals surface area contributed by atoms with Crippen molar-refractivity contribution < 1.29 is 0 Å². The minimum absolute atomic E-state index is 0.671. The average molecular weight is 178 g/mol. The first-order chi connectivity index (χ1) is 6.09. The van der Waals surface area contributed by atoms with Gasteiger partial charge in [0.25, 0.3) is 0 Å². The number of rotatable bonds is 3. The van der Waals surface area contributed by atoms with Crippen LogP contribution in [0.15, 0.2) is 18.2 Å². The van der Waals surface area contributed by atoms with Crippen LogP contribution in [-0.4, -0.2) is 19.1 Å². The van der Waals surface area contributed by atoms with Gasteiger partial charge in [0.2, 0.25) is 0 Å². The van der Waals surface area contributed by atoms with E-state index in [0.29, 0.717) is 5.92 Å². The number of hydrogen-bond acceptors (Lipinski definition) is 2. The van der Waals surface area contributed by atoms with Gasteiger partial charge in [-0.25, -0.2) is 4.98 Å². The summed E-state index contributed by atoms with van der Waals surface area (Å²) in [5.74, 6) is 1.71. The molecule has 0 radical (unpaired) electrons. The Hall–Kier alpha value is -1.05. The van der Waals surface area contributed by atoms with Crippen molar-refractivity contribution in [3.63, 3.8) is 0 Å². The number of nitrogens with zero attached hydrogens (tertiary/aromatic N) is 2. The van der Waals surface area contributed by atoms with Gasteiger partial charge < -0.3 is 4.90 Å². The Balaban J connectivity index is 2.79. The topological polar surface area (TPSA) is 16.1 Å². The highest BCUT2D eigenvalue weighted by Gasteiger charge is 2.01. The van der Waals surface area contributed by atoms with E-state index < -0.39 is 0 Å². The van der Waals surface area contributed by atoms with Crippen molar-refractivity contribution in [2.24, 2.45) is 5.92 Å². The molecule has 0 aliphatic heterocycles. The number of pyridine rings is 1. The van der Waals surface area contributed by atoms with E-state index in [1.165, 1.54) is 5.69 Å². The van der Waals surface area contributed by atoms with Crippen molar-refractivity contribution in [2.75, 3.05) is 19.0 Å². The van der Waals surface area contributed by atoms with Gasteiger partial charge in [0.15, 0.2) is 0 Å². The average Bonchev–Trinajstić information content (AvgIpc) is 2.03. The Bertz CT molecular complexity index is 267. The third-order valence-electron chi connectivity index (χ3n) is 1.87. The first-order valence-electron chi connectivity index (χ1n) is 4.73. The van der Waals surface area contributed by atoms with Crippen LogP contribution in [-0.2, 0) is 6.42 Å². The summed E-state index contributed by atoms with van der Waals surface area (Å²) >= 11 is 0. The quantitative estimate of drug-likeness (QED) is 0.706. The van der Waals surface area contributed by atoms with E-state index in [2.05, 4.69) is 31.0 Å². The Morgan fingerprint density at radius 1 is 1.31 bits per heavy atom. The molecule has 0 N–H and O–H groups in total. The standard InChI is InChI=1S/C11H18N2/c1-9(2)8-10-6-5-7-11(12-10)13(3)4/h5-7,9H,8H2,1-4H3. The highest BCUT2D eigenvalue weighted by atomic mass is 15.1.